The highest BCUT2D eigenvalue weighted by Crippen LogP contribution is 2.28. The smallest absolute Gasteiger partial charge is 0.193 e. The average molecular weight is 524 g/mol. The lowest BCUT2D eigenvalue weighted by Gasteiger charge is -2.42. The van der Waals surface area contributed by atoms with Crippen LogP contribution in [0.15, 0.2) is 54.6 Å². The predicted molar refractivity (Wildman–Crippen MR) is 128 cm³/mol. The Labute approximate surface area is 213 Å². The monoisotopic (exact) mass is 523 g/mol. The molecule has 0 saturated carbocycles. The van der Waals surface area contributed by atoms with Gasteiger partial charge in [-0.2, -0.15) is 0 Å². The van der Waals surface area contributed by atoms with Crippen LogP contribution in [0.3, 0.4) is 0 Å². The Hall–Kier alpha value is -2.49. The lowest BCUT2D eigenvalue weighted by molar-refractivity contribution is -0.351. The molecule has 1 fully saturated rings. The maximum absolute atomic E-state index is 12.7. The molecule has 1 aliphatic rings. The first kappa shape index (κ1) is 29.1. The van der Waals surface area contributed by atoms with E-state index in [0.717, 1.165) is 0 Å². The molecule has 1 heterocycles. The number of benzene rings is 2. The molecule has 0 bridgehead atoms. The van der Waals surface area contributed by atoms with Crippen molar-refractivity contribution in [3.8, 4) is 0 Å². The molecule has 12 heteroatoms. The molecular weight excluding hydrogens is 490 g/mol. The van der Waals surface area contributed by atoms with Crippen LogP contribution in [0.25, 0.3) is 0 Å². The van der Waals surface area contributed by atoms with Gasteiger partial charge in [-0.05, 0) is 12.1 Å². The van der Waals surface area contributed by atoms with Crippen LogP contribution in [0.1, 0.15) is 15.9 Å². The van der Waals surface area contributed by atoms with Crippen LogP contribution in [0.2, 0.25) is 0 Å². The highest BCUT2D eigenvalue weighted by Gasteiger charge is 2.47. The number of hydrogen-bond donors (Lipinski definition) is 9. The molecule has 9 unspecified atom stereocenters. The molecule has 2 aromatic rings. The third kappa shape index (κ3) is 7.09. The first-order chi connectivity index (χ1) is 17.7. The highest BCUT2D eigenvalue weighted by atomic mass is 16.7. The second-order valence-corrected chi connectivity index (χ2v) is 8.79. The van der Waals surface area contributed by atoms with Crippen LogP contribution in [0, 0.1) is 5.92 Å². The van der Waals surface area contributed by atoms with E-state index in [1.165, 1.54) is 0 Å². The molecule has 0 amide bonds. The van der Waals surface area contributed by atoms with Gasteiger partial charge in [0.15, 0.2) is 18.4 Å². The van der Waals surface area contributed by atoms with Crippen molar-refractivity contribution in [3.63, 3.8) is 0 Å². The number of rotatable bonds is 12. The Bertz CT molecular complexity index is 994. The van der Waals surface area contributed by atoms with Crippen LogP contribution in [-0.4, -0.2) is 116 Å². The van der Waals surface area contributed by atoms with E-state index in [1.54, 1.807) is 54.6 Å². The van der Waals surface area contributed by atoms with Crippen LogP contribution >= 0.6 is 0 Å². The maximum Gasteiger partial charge on any atom is 0.193 e. The van der Waals surface area contributed by atoms with Gasteiger partial charge in [-0.1, -0.05) is 42.5 Å². The number of aliphatic hydroxyl groups excluding tert-OH is 8. The number of anilines is 1. The second-order valence-electron chi connectivity index (χ2n) is 8.79. The number of carbonyl (C=O) groups is 1. The fourth-order valence-corrected chi connectivity index (χ4v) is 3.98. The molecule has 37 heavy (non-hydrogen) atoms. The standard InChI is InChI=1S/C25H33NO11/c27-11-16-20(32)22(34)24(35)37-25(16)36-23(18(30)12-28)21(33)17(29)10-26-15-8-4-7-14(9-15)19(31)13-5-2-1-3-6-13/h1-9,16-18,20-30,32-35H,10-12H2. The second kappa shape index (κ2) is 13.3. The topological polar surface area (TPSA) is 209 Å². The molecule has 3 rings (SSSR count). The zero-order valence-electron chi connectivity index (χ0n) is 19.8. The fraction of sp³-hybridized carbons (Fsp3) is 0.480. The quantitative estimate of drug-likeness (QED) is 0.136. The van der Waals surface area contributed by atoms with Gasteiger partial charge in [0.25, 0.3) is 0 Å². The number of aliphatic hydroxyl groups is 8. The summed E-state index contributed by atoms with van der Waals surface area (Å²) >= 11 is 0. The number of carbonyl (C=O) groups excluding carboxylic acids is 1. The molecule has 9 atom stereocenters. The summed E-state index contributed by atoms with van der Waals surface area (Å²) in [5, 5.41) is 83.0. The molecule has 0 aromatic heterocycles. The van der Waals surface area contributed by atoms with Crippen molar-refractivity contribution in [1.82, 2.24) is 0 Å². The summed E-state index contributed by atoms with van der Waals surface area (Å²) in [6.07, 6.45) is -13.7. The van der Waals surface area contributed by atoms with Crippen molar-refractivity contribution in [2.75, 3.05) is 25.1 Å². The molecule has 1 aliphatic heterocycles. The van der Waals surface area contributed by atoms with Crippen molar-refractivity contribution in [3.05, 3.63) is 65.7 Å². The van der Waals surface area contributed by atoms with E-state index < -0.39 is 68.3 Å². The summed E-state index contributed by atoms with van der Waals surface area (Å²) in [6.45, 7) is -1.88. The highest BCUT2D eigenvalue weighted by molar-refractivity contribution is 6.09. The van der Waals surface area contributed by atoms with Crippen molar-refractivity contribution in [2.45, 2.75) is 49.2 Å². The minimum atomic E-state index is -1.88. The van der Waals surface area contributed by atoms with Gasteiger partial charge >= 0.3 is 0 Å². The lowest BCUT2D eigenvalue weighted by atomic mass is 9.94. The van der Waals surface area contributed by atoms with E-state index in [9.17, 15) is 45.6 Å². The van der Waals surface area contributed by atoms with Gasteiger partial charge in [0, 0.05) is 23.4 Å². The largest absolute Gasteiger partial charge is 0.396 e. The maximum atomic E-state index is 12.7. The zero-order valence-corrected chi connectivity index (χ0v) is 19.8. The Kier molecular flexibility index (Phi) is 10.5. The van der Waals surface area contributed by atoms with Crippen molar-refractivity contribution in [2.24, 2.45) is 5.92 Å². The van der Waals surface area contributed by atoms with Gasteiger partial charge in [0.05, 0.1) is 31.3 Å². The minimum absolute atomic E-state index is 0.204. The third-order valence-corrected chi connectivity index (χ3v) is 6.18. The first-order valence-electron chi connectivity index (χ1n) is 11.7. The molecule has 9 N–H and O–H groups in total. The van der Waals surface area contributed by atoms with Crippen LogP contribution in [0.5, 0.6) is 0 Å². The zero-order chi connectivity index (χ0) is 27.1. The Balaban J connectivity index is 1.67. The first-order valence-corrected chi connectivity index (χ1v) is 11.7. The molecule has 2 aromatic carbocycles. The van der Waals surface area contributed by atoms with E-state index in [2.05, 4.69) is 5.32 Å². The van der Waals surface area contributed by atoms with Gasteiger partial charge < -0.3 is 55.6 Å². The van der Waals surface area contributed by atoms with Crippen LogP contribution in [0.4, 0.5) is 5.69 Å². The van der Waals surface area contributed by atoms with Crippen molar-refractivity contribution < 1.29 is 55.1 Å². The number of hydrogen-bond acceptors (Lipinski definition) is 12. The number of nitrogens with one attached hydrogen (secondary N) is 1. The van der Waals surface area contributed by atoms with Crippen LogP contribution < -0.4 is 5.32 Å². The summed E-state index contributed by atoms with van der Waals surface area (Å²) < 4.78 is 10.5. The van der Waals surface area contributed by atoms with Crippen molar-refractivity contribution in [1.29, 1.82) is 0 Å². The van der Waals surface area contributed by atoms with Gasteiger partial charge in [0.1, 0.15) is 24.4 Å². The SMILES string of the molecule is O=C(c1ccccc1)c1cccc(NCC(O)C(O)C(OC2OC(O)C(O)C(O)C2CO)C(O)CO)c1. The number of ether oxygens (including phenoxy) is 2. The Morgan fingerprint density at radius 2 is 1.59 bits per heavy atom. The summed E-state index contributed by atoms with van der Waals surface area (Å²) in [5.41, 5.74) is 1.36. The predicted octanol–water partition coefficient (Wildman–Crippen LogP) is -2.21. The molecule has 0 spiro atoms. The van der Waals surface area contributed by atoms with Gasteiger partial charge in [-0.15, -0.1) is 0 Å². The van der Waals surface area contributed by atoms with Gasteiger partial charge in [-0.3, -0.25) is 4.79 Å². The molecule has 0 radical (unpaired) electrons. The summed E-state index contributed by atoms with van der Waals surface area (Å²) in [6, 6.07) is 15.2. The molecular formula is C25H33NO11. The van der Waals surface area contributed by atoms with Crippen LogP contribution in [-0.2, 0) is 9.47 Å². The lowest BCUT2D eigenvalue weighted by Crippen LogP contribution is -2.59. The van der Waals surface area contributed by atoms with Gasteiger partial charge in [-0.25, -0.2) is 0 Å². The molecule has 204 valence electrons. The molecule has 0 aliphatic carbocycles. The van der Waals surface area contributed by atoms with E-state index in [-0.39, 0.29) is 12.3 Å². The molecule has 1 saturated heterocycles. The third-order valence-electron chi connectivity index (χ3n) is 6.18. The average Bonchev–Trinajstić information content (AvgIpc) is 2.92. The summed E-state index contributed by atoms with van der Waals surface area (Å²) in [7, 11) is 0. The summed E-state index contributed by atoms with van der Waals surface area (Å²) in [4.78, 5) is 12.7. The van der Waals surface area contributed by atoms with E-state index in [1.807, 2.05) is 0 Å². The van der Waals surface area contributed by atoms with Gasteiger partial charge in [0.2, 0.25) is 0 Å². The van der Waals surface area contributed by atoms with E-state index in [0.29, 0.717) is 16.8 Å². The van der Waals surface area contributed by atoms with Crippen molar-refractivity contribution >= 4 is 11.5 Å². The van der Waals surface area contributed by atoms with E-state index >= 15 is 0 Å². The Morgan fingerprint density at radius 1 is 0.919 bits per heavy atom. The number of ketones is 1. The Morgan fingerprint density at radius 3 is 2.24 bits per heavy atom. The fourth-order valence-electron chi connectivity index (χ4n) is 3.98. The molecule has 12 nitrogen and oxygen atoms in total. The minimum Gasteiger partial charge on any atom is -0.396 e. The van der Waals surface area contributed by atoms with E-state index in [4.69, 9.17) is 9.47 Å². The summed E-state index contributed by atoms with van der Waals surface area (Å²) in [5.74, 6) is -1.47. The normalized spacial score (nSPS) is 27.2.